The van der Waals surface area contributed by atoms with Gasteiger partial charge in [-0.05, 0) is 12.1 Å². The lowest BCUT2D eigenvalue weighted by molar-refractivity contribution is 0.0398. The van der Waals surface area contributed by atoms with Crippen molar-refractivity contribution in [3.05, 3.63) is 18.3 Å². The Kier molecular flexibility index (Phi) is 4.28. The van der Waals surface area contributed by atoms with Crippen molar-refractivity contribution < 1.29 is 4.74 Å². The lowest BCUT2D eigenvalue weighted by atomic mass is 10.3. The third-order valence-corrected chi connectivity index (χ3v) is 5.14. The van der Waals surface area contributed by atoms with Crippen molar-refractivity contribution in [2.75, 3.05) is 50.4 Å². The molecular weight excluding hydrogens is 326 g/mol. The summed E-state index contributed by atoms with van der Waals surface area (Å²) in [5, 5.41) is 10.4. The smallest absolute Gasteiger partial charge is 0.222 e. The summed E-state index contributed by atoms with van der Waals surface area (Å²) in [7, 11) is 0. The van der Waals surface area contributed by atoms with Gasteiger partial charge in [0.2, 0.25) is 5.95 Å². The van der Waals surface area contributed by atoms with Crippen LogP contribution in [0.25, 0.3) is 20.8 Å². The number of fused-ring (bicyclic) bond motifs is 1. The van der Waals surface area contributed by atoms with Gasteiger partial charge in [0.1, 0.15) is 5.82 Å². The van der Waals surface area contributed by atoms with Crippen molar-refractivity contribution in [1.82, 2.24) is 25.1 Å². The van der Waals surface area contributed by atoms with E-state index in [0.29, 0.717) is 0 Å². The Labute approximate surface area is 143 Å². The van der Waals surface area contributed by atoms with E-state index in [1.54, 1.807) is 17.5 Å². The van der Waals surface area contributed by atoms with Crippen LogP contribution in [-0.2, 0) is 4.74 Å². The fraction of sp³-hybridized carbons (Fsp3) is 0.400. The monoisotopic (exact) mass is 345 g/mol. The number of anilines is 2. The summed E-state index contributed by atoms with van der Waals surface area (Å²) in [5.41, 5.74) is 7.68. The highest BCUT2D eigenvalue weighted by molar-refractivity contribution is 7.22. The van der Waals surface area contributed by atoms with Gasteiger partial charge < -0.3 is 15.8 Å². The molecular formula is C15H19N7OS. The van der Waals surface area contributed by atoms with Crippen molar-refractivity contribution in [3.8, 4) is 10.6 Å². The molecule has 8 nitrogen and oxygen atoms in total. The Morgan fingerprint density at radius 1 is 1.33 bits per heavy atom. The standard InChI is InChI=1S/C15H19N7OS/c16-15-19-11-9-12(10-1-2-18-21-10)24-13(11)14(20-15)17-3-4-22-5-7-23-8-6-22/h1-2,9H,3-8H2,(H,18,21)(H3,16,17,19,20). The predicted octanol–water partition coefficient (Wildman–Crippen LogP) is 1.41. The van der Waals surface area contributed by atoms with Crippen LogP contribution in [0.1, 0.15) is 0 Å². The number of nitrogens with one attached hydrogen (secondary N) is 2. The van der Waals surface area contributed by atoms with Crippen LogP contribution < -0.4 is 11.1 Å². The maximum atomic E-state index is 5.86. The van der Waals surface area contributed by atoms with Crippen molar-refractivity contribution in [1.29, 1.82) is 0 Å². The molecule has 4 rings (SSSR count). The summed E-state index contributed by atoms with van der Waals surface area (Å²) in [4.78, 5) is 12.2. The molecule has 1 aliphatic rings. The van der Waals surface area contributed by atoms with Gasteiger partial charge in [-0.3, -0.25) is 10.00 Å². The van der Waals surface area contributed by atoms with Crippen LogP contribution in [-0.4, -0.2) is 64.5 Å². The molecule has 1 saturated heterocycles. The first-order valence-electron chi connectivity index (χ1n) is 7.90. The molecule has 0 amide bonds. The molecule has 0 spiro atoms. The molecule has 4 N–H and O–H groups in total. The van der Waals surface area contributed by atoms with E-state index in [-0.39, 0.29) is 5.95 Å². The molecule has 0 saturated carbocycles. The Hall–Kier alpha value is -2.23. The summed E-state index contributed by atoms with van der Waals surface area (Å²) in [6.07, 6.45) is 1.74. The molecule has 0 aliphatic carbocycles. The summed E-state index contributed by atoms with van der Waals surface area (Å²) < 4.78 is 6.38. The normalized spacial score (nSPS) is 15.8. The zero-order chi connectivity index (χ0) is 16.4. The largest absolute Gasteiger partial charge is 0.379 e. The summed E-state index contributed by atoms with van der Waals surface area (Å²) in [6.45, 7) is 5.33. The minimum atomic E-state index is 0.283. The van der Waals surface area contributed by atoms with Gasteiger partial charge in [0.05, 0.1) is 34.0 Å². The number of nitrogens with zero attached hydrogens (tertiary/aromatic N) is 4. The zero-order valence-electron chi connectivity index (χ0n) is 13.2. The first kappa shape index (κ1) is 15.3. The van der Waals surface area contributed by atoms with E-state index in [2.05, 4.69) is 30.4 Å². The molecule has 0 bridgehead atoms. The molecule has 0 radical (unpaired) electrons. The van der Waals surface area contributed by atoms with E-state index in [4.69, 9.17) is 10.5 Å². The van der Waals surface area contributed by atoms with Crippen molar-refractivity contribution in [3.63, 3.8) is 0 Å². The third kappa shape index (κ3) is 3.18. The van der Waals surface area contributed by atoms with Gasteiger partial charge in [-0.2, -0.15) is 10.1 Å². The predicted molar refractivity (Wildman–Crippen MR) is 95.2 cm³/mol. The number of ether oxygens (including phenoxy) is 1. The molecule has 1 fully saturated rings. The summed E-state index contributed by atoms with van der Waals surface area (Å²) >= 11 is 1.63. The van der Waals surface area contributed by atoms with Crippen LogP contribution >= 0.6 is 11.3 Å². The van der Waals surface area contributed by atoms with E-state index in [0.717, 1.165) is 66.0 Å². The van der Waals surface area contributed by atoms with E-state index >= 15 is 0 Å². The van der Waals surface area contributed by atoms with Crippen molar-refractivity contribution in [2.24, 2.45) is 0 Å². The molecule has 0 unspecified atom stereocenters. The number of thiophene rings is 1. The van der Waals surface area contributed by atoms with Crippen LogP contribution in [0.2, 0.25) is 0 Å². The van der Waals surface area contributed by atoms with E-state index in [1.165, 1.54) is 0 Å². The quantitative estimate of drug-likeness (QED) is 0.642. The van der Waals surface area contributed by atoms with E-state index in [9.17, 15) is 0 Å². The molecule has 3 aromatic rings. The fourth-order valence-corrected chi connectivity index (χ4v) is 3.79. The van der Waals surface area contributed by atoms with E-state index in [1.807, 2.05) is 12.1 Å². The molecule has 24 heavy (non-hydrogen) atoms. The maximum Gasteiger partial charge on any atom is 0.222 e. The molecule has 3 aromatic heterocycles. The minimum absolute atomic E-state index is 0.283. The van der Waals surface area contributed by atoms with Crippen molar-refractivity contribution >= 4 is 33.3 Å². The van der Waals surface area contributed by atoms with Gasteiger partial charge in [0, 0.05) is 32.4 Å². The highest BCUT2D eigenvalue weighted by Crippen LogP contribution is 2.35. The number of hydrogen-bond acceptors (Lipinski definition) is 8. The number of H-pyrrole nitrogens is 1. The topological polar surface area (TPSA) is 105 Å². The van der Waals surface area contributed by atoms with Crippen molar-refractivity contribution in [2.45, 2.75) is 0 Å². The SMILES string of the molecule is Nc1nc(NCCN2CCOCC2)c2sc(-c3ccn[nH]3)cc2n1. The minimum Gasteiger partial charge on any atom is -0.379 e. The second-order valence-electron chi connectivity index (χ2n) is 5.61. The van der Waals surface area contributed by atoms with Crippen LogP contribution in [0.4, 0.5) is 11.8 Å². The molecule has 0 aromatic carbocycles. The van der Waals surface area contributed by atoms with E-state index < -0.39 is 0 Å². The lowest BCUT2D eigenvalue weighted by Gasteiger charge is -2.26. The van der Waals surface area contributed by atoms with Gasteiger partial charge in [0.25, 0.3) is 0 Å². The number of morpholine rings is 1. The van der Waals surface area contributed by atoms with Crippen LogP contribution in [0.5, 0.6) is 0 Å². The van der Waals surface area contributed by atoms with Gasteiger partial charge in [0.15, 0.2) is 0 Å². The number of rotatable bonds is 5. The average Bonchev–Trinajstić information content (AvgIpc) is 3.24. The Morgan fingerprint density at radius 2 is 2.21 bits per heavy atom. The van der Waals surface area contributed by atoms with Gasteiger partial charge in [-0.25, -0.2) is 4.98 Å². The van der Waals surface area contributed by atoms with Crippen LogP contribution in [0.3, 0.4) is 0 Å². The van der Waals surface area contributed by atoms with Gasteiger partial charge in [-0.1, -0.05) is 0 Å². The summed E-state index contributed by atoms with van der Waals surface area (Å²) in [5.74, 6) is 1.08. The molecule has 126 valence electrons. The molecule has 1 aliphatic heterocycles. The third-order valence-electron chi connectivity index (χ3n) is 3.98. The average molecular weight is 345 g/mol. The Balaban J connectivity index is 1.53. The number of hydrogen-bond donors (Lipinski definition) is 3. The number of aromatic nitrogens is 4. The maximum absolute atomic E-state index is 5.86. The summed E-state index contributed by atoms with van der Waals surface area (Å²) in [6, 6.07) is 3.95. The number of nitrogens with two attached hydrogens (primary N) is 1. The second-order valence-corrected chi connectivity index (χ2v) is 6.66. The van der Waals surface area contributed by atoms with Crippen LogP contribution in [0.15, 0.2) is 18.3 Å². The zero-order valence-corrected chi connectivity index (χ0v) is 14.0. The first-order chi connectivity index (χ1) is 11.8. The van der Waals surface area contributed by atoms with Gasteiger partial charge in [-0.15, -0.1) is 11.3 Å². The van der Waals surface area contributed by atoms with Crippen LogP contribution in [0, 0.1) is 0 Å². The second kappa shape index (κ2) is 6.71. The fourth-order valence-electron chi connectivity index (χ4n) is 2.75. The Bertz CT molecular complexity index is 811. The molecule has 9 heteroatoms. The lowest BCUT2D eigenvalue weighted by Crippen LogP contribution is -2.39. The highest BCUT2D eigenvalue weighted by Gasteiger charge is 2.14. The highest BCUT2D eigenvalue weighted by atomic mass is 32.1. The number of aromatic amines is 1. The first-order valence-corrected chi connectivity index (χ1v) is 8.72. The molecule has 4 heterocycles. The van der Waals surface area contributed by atoms with Gasteiger partial charge >= 0.3 is 0 Å². The molecule has 0 atom stereocenters. The number of nitrogen functional groups attached to an aromatic ring is 1. The Morgan fingerprint density at radius 3 is 3.00 bits per heavy atom.